The first-order valence-corrected chi connectivity index (χ1v) is 8.10. The van der Waals surface area contributed by atoms with Crippen LogP contribution >= 0.6 is 0 Å². The van der Waals surface area contributed by atoms with Crippen molar-refractivity contribution in [2.45, 2.75) is 6.92 Å². The number of benzene rings is 2. The van der Waals surface area contributed by atoms with Gasteiger partial charge in [-0.3, -0.25) is 0 Å². The Balaban J connectivity index is 1.72. The van der Waals surface area contributed by atoms with Crippen LogP contribution in [0.25, 0.3) is 28.7 Å². The second kappa shape index (κ2) is 6.67. The van der Waals surface area contributed by atoms with E-state index in [0.29, 0.717) is 35.4 Å². The van der Waals surface area contributed by atoms with Gasteiger partial charge >= 0.3 is 0 Å². The van der Waals surface area contributed by atoms with Crippen LogP contribution in [0.5, 0.6) is 5.75 Å². The first-order chi connectivity index (χ1) is 12.8. The number of nitrogens with zero attached hydrogens (tertiary/aromatic N) is 5. The average molecular weight is 348 g/mol. The molecule has 0 saturated heterocycles. The Hall–Kier alpha value is -3.68. The van der Waals surface area contributed by atoms with Crippen LogP contribution in [-0.2, 0) is 0 Å². The molecule has 130 valence electrons. The molecule has 0 aliphatic rings. The summed E-state index contributed by atoms with van der Waals surface area (Å²) in [6.07, 6.45) is 0. The Morgan fingerprint density at radius 3 is 2.65 bits per heavy atom. The number of aromatic nitrogens is 5. The molecule has 0 atom stereocenters. The van der Waals surface area contributed by atoms with Crippen molar-refractivity contribution in [1.82, 2.24) is 25.1 Å². The lowest BCUT2D eigenvalue weighted by Gasteiger charge is -2.10. The molecule has 0 radical (unpaired) electrons. The van der Waals surface area contributed by atoms with Crippen LogP contribution in [0.2, 0.25) is 0 Å². The second-order valence-corrected chi connectivity index (χ2v) is 5.42. The average Bonchev–Trinajstić information content (AvgIpc) is 3.30. The minimum Gasteiger partial charge on any atom is -0.492 e. The maximum Gasteiger partial charge on any atom is 0.282 e. The Morgan fingerprint density at radius 1 is 1.08 bits per heavy atom. The molecule has 0 bridgehead atoms. The normalized spacial score (nSPS) is 10.8. The second-order valence-electron chi connectivity index (χ2n) is 5.42. The van der Waals surface area contributed by atoms with Gasteiger partial charge in [-0.05, 0) is 19.1 Å². The summed E-state index contributed by atoms with van der Waals surface area (Å²) in [6, 6.07) is 17.0. The van der Waals surface area contributed by atoms with Gasteiger partial charge in [0.15, 0.2) is 11.5 Å². The van der Waals surface area contributed by atoms with Crippen LogP contribution in [0, 0.1) is 0 Å². The molecule has 0 aliphatic heterocycles. The topological polar surface area (TPSA) is 105 Å². The van der Waals surface area contributed by atoms with Gasteiger partial charge in [0.05, 0.1) is 6.61 Å². The van der Waals surface area contributed by atoms with Gasteiger partial charge in [-0.2, -0.15) is 9.67 Å². The molecular weight excluding hydrogens is 332 g/mol. The third kappa shape index (κ3) is 2.77. The minimum absolute atomic E-state index is 0.210. The maximum atomic E-state index is 6.23. The van der Waals surface area contributed by atoms with Crippen LogP contribution in [0.4, 0.5) is 5.82 Å². The standard InChI is InChI=1S/C18H16N6O2/c1-2-25-14-11-7-6-10-13(14)24-16(19)15(21-23-24)18-20-17(22-26-18)12-8-4-3-5-9-12/h3-11H,2,19H2,1H3. The van der Waals surface area contributed by atoms with E-state index >= 15 is 0 Å². The number of para-hydroxylation sites is 2. The molecule has 0 spiro atoms. The SMILES string of the molecule is CCOc1ccccc1-n1nnc(-c2nc(-c3ccccc3)no2)c1N. The van der Waals surface area contributed by atoms with Gasteiger partial charge in [0.2, 0.25) is 5.82 Å². The van der Waals surface area contributed by atoms with E-state index in [4.69, 9.17) is 15.0 Å². The highest BCUT2D eigenvalue weighted by atomic mass is 16.5. The summed E-state index contributed by atoms with van der Waals surface area (Å²) in [4.78, 5) is 4.37. The highest BCUT2D eigenvalue weighted by molar-refractivity contribution is 5.67. The predicted octanol–water partition coefficient (Wildman–Crippen LogP) is 2.97. The van der Waals surface area contributed by atoms with E-state index in [1.165, 1.54) is 4.68 Å². The van der Waals surface area contributed by atoms with Crippen molar-refractivity contribution in [2.75, 3.05) is 12.3 Å². The lowest BCUT2D eigenvalue weighted by molar-refractivity contribution is 0.338. The maximum absolute atomic E-state index is 6.23. The van der Waals surface area contributed by atoms with Crippen LogP contribution in [-0.4, -0.2) is 31.7 Å². The number of hydrogen-bond acceptors (Lipinski definition) is 7. The van der Waals surface area contributed by atoms with Crippen molar-refractivity contribution in [3.63, 3.8) is 0 Å². The van der Waals surface area contributed by atoms with Crippen molar-refractivity contribution >= 4 is 5.82 Å². The van der Waals surface area contributed by atoms with E-state index in [2.05, 4.69) is 20.5 Å². The summed E-state index contributed by atoms with van der Waals surface area (Å²) in [6.45, 7) is 2.44. The molecule has 8 heteroatoms. The number of hydrogen-bond donors (Lipinski definition) is 1. The first-order valence-electron chi connectivity index (χ1n) is 8.10. The van der Waals surface area contributed by atoms with E-state index in [1.54, 1.807) is 0 Å². The molecule has 8 nitrogen and oxygen atoms in total. The third-order valence-electron chi connectivity index (χ3n) is 3.76. The van der Waals surface area contributed by atoms with E-state index in [1.807, 2.05) is 61.5 Å². The summed E-state index contributed by atoms with van der Waals surface area (Å²) in [5.41, 5.74) is 8.09. The van der Waals surface area contributed by atoms with E-state index in [9.17, 15) is 0 Å². The summed E-state index contributed by atoms with van der Waals surface area (Å²) >= 11 is 0. The van der Waals surface area contributed by atoms with Gasteiger partial charge in [0.25, 0.3) is 5.89 Å². The lowest BCUT2D eigenvalue weighted by Crippen LogP contribution is -2.05. The monoisotopic (exact) mass is 348 g/mol. The Kier molecular flexibility index (Phi) is 4.06. The smallest absolute Gasteiger partial charge is 0.282 e. The molecule has 0 aliphatic carbocycles. The third-order valence-corrected chi connectivity index (χ3v) is 3.76. The minimum atomic E-state index is 0.210. The number of nitrogens with two attached hydrogens (primary N) is 1. The first kappa shape index (κ1) is 15.8. The fraction of sp³-hybridized carbons (Fsp3) is 0.111. The largest absolute Gasteiger partial charge is 0.492 e. The Morgan fingerprint density at radius 2 is 1.85 bits per heavy atom. The molecule has 0 fully saturated rings. The highest BCUT2D eigenvalue weighted by Crippen LogP contribution is 2.29. The Bertz CT molecular complexity index is 1030. The number of nitrogen functional groups attached to an aromatic ring is 1. The fourth-order valence-corrected chi connectivity index (χ4v) is 2.55. The van der Waals surface area contributed by atoms with Crippen molar-refractivity contribution < 1.29 is 9.26 Å². The van der Waals surface area contributed by atoms with E-state index in [-0.39, 0.29) is 5.89 Å². The molecule has 2 aromatic carbocycles. The molecule has 4 rings (SSSR count). The zero-order valence-corrected chi connectivity index (χ0v) is 14.0. The molecule has 2 aromatic heterocycles. The highest BCUT2D eigenvalue weighted by Gasteiger charge is 2.21. The number of rotatable bonds is 5. The molecule has 4 aromatic rings. The van der Waals surface area contributed by atoms with Crippen molar-refractivity contribution in [3.8, 4) is 34.4 Å². The van der Waals surface area contributed by atoms with E-state index in [0.717, 1.165) is 5.56 Å². The fourth-order valence-electron chi connectivity index (χ4n) is 2.55. The van der Waals surface area contributed by atoms with Gasteiger partial charge < -0.3 is 15.0 Å². The molecule has 2 N–H and O–H groups in total. The van der Waals surface area contributed by atoms with Gasteiger partial charge in [0.1, 0.15) is 11.4 Å². The quantitative estimate of drug-likeness (QED) is 0.591. The van der Waals surface area contributed by atoms with Crippen LogP contribution in [0.15, 0.2) is 59.1 Å². The van der Waals surface area contributed by atoms with Gasteiger partial charge in [-0.15, -0.1) is 5.10 Å². The van der Waals surface area contributed by atoms with Crippen LogP contribution in [0.1, 0.15) is 6.92 Å². The van der Waals surface area contributed by atoms with Crippen LogP contribution in [0.3, 0.4) is 0 Å². The molecule has 2 heterocycles. The van der Waals surface area contributed by atoms with Gasteiger partial charge in [0, 0.05) is 5.56 Å². The van der Waals surface area contributed by atoms with Crippen LogP contribution < -0.4 is 10.5 Å². The van der Waals surface area contributed by atoms with Crippen molar-refractivity contribution in [2.24, 2.45) is 0 Å². The summed E-state index contributed by atoms with van der Waals surface area (Å²) < 4.78 is 12.4. The van der Waals surface area contributed by atoms with Gasteiger partial charge in [-0.25, -0.2) is 0 Å². The van der Waals surface area contributed by atoms with Crippen molar-refractivity contribution in [1.29, 1.82) is 0 Å². The molecule has 26 heavy (non-hydrogen) atoms. The van der Waals surface area contributed by atoms with Gasteiger partial charge in [-0.1, -0.05) is 52.8 Å². The molecule has 0 saturated carbocycles. The number of ether oxygens (including phenoxy) is 1. The van der Waals surface area contributed by atoms with E-state index < -0.39 is 0 Å². The molecular formula is C18H16N6O2. The number of anilines is 1. The summed E-state index contributed by atoms with van der Waals surface area (Å²) in [7, 11) is 0. The summed E-state index contributed by atoms with van der Waals surface area (Å²) in [5.74, 6) is 1.62. The zero-order chi connectivity index (χ0) is 17.9. The lowest BCUT2D eigenvalue weighted by atomic mass is 10.2. The zero-order valence-electron chi connectivity index (χ0n) is 14.0. The predicted molar refractivity (Wildman–Crippen MR) is 95.7 cm³/mol. The molecule has 0 amide bonds. The Labute approximate surface area is 149 Å². The van der Waals surface area contributed by atoms with Crippen molar-refractivity contribution in [3.05, 3.63) is 54.6 Å². The summed E-state index contributed by atoms with van der Waals surface area (Å²) in [5, 5.41) is 12.2. The molecule has 0 unspecified atom stereocenters.